The zero-order chi connectivity index (χ0) is 13.4. The third kappa shape index (κ3) is 4.26. The number of benzene rings is 1. The standard InChI is InChI=1S/C13H13FN2O2/c1-2-18-13(17)4-3-7-16-11-5-6-12(14)10(8-11)9-15/h3-6,8,16H,2,7H2,1H3/b4-3+. The van der Waals surface area contributed by atoms with E-state index in [1.165, 1.54) is 24.3 Å². The normalized spacial score (nSPS) is 10.1. The number of esters is 1. The van der Waals surface area contributed by atoms with Crippen LogP contribution in [0.2, 0.25) is 0 Å². The molecule has 4 nitrogen and oxygen atoms in total. The molecular formula is C13H13FN2O2. The van der Waals surface area contributed by atoms with Gasteiger partial charge in [0, 0.05) is 18.3 Å². The molecule has 5 heteroatoms. The third-order valence-corrected chi connectivity index (χ3v) is 2.05. The van der Waals surface area contributed by atoms with Gasteiger partial charge in [-0.1, -0.05) is 6.08 Å². The number of nitrogens with one attached hydrogen (secondary N) is 1. The summed E-state index contributed by atoms with van der Waals surface area (Å²) in [4.78, 5) is 11.0. The van der Waals surface area contributed by atoms with Crippen molar-refractivity contribution < 1.29 is 13.9 Å². The lowest BCUT2D eigenvalue weighted by atomic mass is 10.2. The Bertz CT molecular complexity index is 492. The van der Waals surface area contributed by atoms with Gasteiger partial charge in [0.05, 0.1) is 12.2 Å². The average molecular weight is 248 g/mol. The molecule has 0 saturated carbocycles. The van der Waals surface area contributed by atoms with Gasteiger partial charge in [0.2, 0.25) is 0 Å². The van der Waals surface area contributed by atoms with Crippen molar-refractivity contribution in [3.05, 3.63) is 41.7 Å². The van der Waals surface area contributed by atoms with Gasteiger partial charge in [-0.05, 0) is 25.1 Å². The number of hydrogen-bond donors (Lipinski definition) is 1. The molecule has 0 spiro atoms. The summed E-state index contributed by atoms with van der Waals surface area (Å²) in [6.45, 7) is 2.45. The summed E-state index contributed by atoms with van der Waals surface area (Å²) in [6.07, 6.45) is 2.90. The first-order chi connectivity index (χ1) is 8.67. The van der Waals surface area contributed by atoms with E-state index in [2.05, 4.69) is 5.32 Å². The fourth-order valence-corrected chi connectivity index (χ4v) is 1.24. The van der Waals surface area contributed by atoms with Gasteiger partial charge < -0.3 is 10.1 Å². The molecule has 0 bridgehead atoms. The SMILES string of the molecule is CCOC(=O)/C=C/CNc1ccc(F)c(C#N)c1. The highest BCUT2D eigenvalue weighted by Gasteiger charge is 2.01. The fourth-order valence-electron chi connectivity index (χ4n) is 1.24. The fraction of sp³-hybridized carbons (Fsp3) is 0.231. The van der Waals surface area contributed by atoms with Crippen molar-refractivity contribution in [2.45, 2.75) is 6.92 Å². The second kappa shape index (κ2) is 7.07. The van der Waals surface area contributed by atoms with Crippen LogP contribution in [0.3, 0.4) is 0 Å². The summed E-state index contributed by atoms with van der Waals surface area (Å²) < 4.78 is 17.7. The molecular weight excluding hydrogens is 235 g/mol. The lowest BCUT2D eigenvalue weighted by Gasteiger charge is -2.03. The minimum atomic E-state index is -0.551. The number of rotatable bonds is 5. The van der Waals surface area contributed by atoms with E-state index in [0.29, 0.717) is 18.8 Å². The predicted molar refractivity (Wildman–Crippen MR) is 65.4 cm³/mol. The molecule has 0 aliphatic carbocycles. The highest BCUT2D eigenvalue weighted by molar-refractivity contribution is 5.81. The van der Waals surface area contributed by atoms with Crippen LogP contribution in [0.5, 0.6) is 0 Å². The molecule has 0 heterocycles. The molecule has 1 N–H and O–H groups in total. The quantitative estimate of drug-likeness (QED) is 0.641. The third-order valence-electron chi connectivity index (χ3n) is 2.05. The Morgan fingerprint density at radius 1 is 1.61 bits per heavy atom. The van der Waals surface area contributed by atoms with Gasteiger partial charge in [0.25, 0.3) is 0 Å². The summed E-state index contributed by atoms with van der Waals surface area (Å²) in [5, 5.41) is 11.6. The zero-order valence-corrected chi connectivity index (χ0v) is 9.94. The molecule has 18 heavy (non-hydrogen) atoms. The van der Waals surface area contributed by atoms with E-state index < -0.39 is 11.8 Å². The summed E-state index contributed by atoms with van der Waals surface area (Å²) in [5.41, 5.74) is 0.593. The van der Waals surface area contributed by atoms with Crippen LogP contribution in [-0.4, -0.2) is 19.1 Å². The molecule has 0 saturated heterocycles. The van der Waals surface area contributed by atoms with Crippen LogP contribution in [0.1, 0.15) is 12.5 Å². The van der Waals surface area contributed by atoms with Crippen molar-refractivity contribution in [1.82, 2.24) is 0 Å². The molecule has 0 aliphatic rings. The monoisotopic (exact) mass is 248 g/mol. The molecule has 1 aromatic carbocycles. The number of anilines is 1. The maximum absolute atomic E-state index is 13.0. The molecule has 0 aromatic heterocycles. The first kappa shape index (κ1) is 13.7. The highest BCUT2D eigenvalue weighted by Crippen LogP contribution is 2.13. The van der Waals surface area contributed by atoms with E-state index >= 15 is 0 Å². The summed E-state index contributed by atoms with van der Waals surface area (Å²) in [6, 6.07) is 5.90. The number of halogens is 1. The molecule has 1 aromatic rings. The molecule has 0 amide bonds. The van der Waals surface area contributed by atoms with Crippen molar-refractivity contribution in [3.63, 3.8) is 0 Å². The molecule has 0 aliphatic heterocycles. The van der Waals surface area contributed by atoms with Gasteiger partial charge in [0.15, 0.2) is 0 Å². The maximum atomic E-state index is 13.0. The largest absolute Gasteiger partial charge is 0.463 e. The summed E-state index contributed by atoms with van der Waals surface area (Å²) >= 11 is 0. The number of ether oxygens (including phenoxy) is 1. The van der Waals surface area contributed by atoms with E-state index in [0.717, 1.165) is 0 Å². The van der Waals surface area contributed by atoms with E-state index in [1.807, 2.05) is 0 Å². The maximum Gasteiger partial charge on any atom is 0.330 e. The van der Waals surface area contributed by atoms with Gasteiger partial charge in [0.1, 0.15) is 11.9 Å². The molecule has 0 unspecified atom stereocenters. The first-order valence-corrected chi connectivity index (χ1v) is 5.44. The zero-order valence-electron chi connectivity index (χ0n) is 9.94. The van der Waals surface area contributed by atoms with Crippen LogP contribution < -0.4 is 5.32 Å². The minimum Gasteiger partial charge on any atom is -0.463 e. The van der Waals surface area contributed by atoms with Crippen LogP contribution in [-0.2, 0) is 9.53 Å². The van der Waals surface area contributed by atoms with E-state index in [-0.39, 0.29) is 5.56 Å². The van der Waals surface area contributed by atoms with Crippen molar-refractivity contribution in [2.24, 2.45) is 0 Å². The van der Waals surface area contributed by atoms with Crippen LogP contribution in [0, 0.1) is 17.1 Å². The second-order valence-electron chi connectivity index (χ2n) is 3.34. The van der Waals surface area contributed by atoms with Crippen molar-refractivity contribution >= 4 is 11.7 Å². The Balaban J connectivity index is 2.50. The van der Waals surface area contributed by atoms with Gasteiger partial charge in [-0.3, -0.25) is 0 Å². The van der Waals surface area contributed by atoms with Crippen molar-refractivity contribution in [1.29, 1.82) is 5.26 Å². The summed E-state index contributed by atoms with van der Waals surface area (Å²) in [7, 11) is 0. The van der Waals surface area contributed by atoms with Gasteiger partial charge in [-0.25, -0.2) is 9.18 Å². The molecule has 0 radical (unpaired) electrons. The Morgan fingerprint density at radius 2 is 2.39 bits per heavy atom. The van der Waals surface area contributed by atoms with E-state index in [4.69, 9.17) is 10.00 Å². The molecule has 1 rings (SSSR count). The lowest BCUT2D eigenvalue weighted by molar-refractivity contribution is -0.137. The smallest absolute Gasteiger partial charge is 0.330 e. The average Bonchev–Trinajstić information content (AvgIpc) is 2.37. The predicted octanol–water partition coefficient (Wildman–Crippen LogP) is 2.23. The number of hydrogen-bond acceptors (Lipinski definition) is 4. The molecule has 0 atom stereocenters. The van der Waals surface area contributed by atoms with E-state index in [9.17, 15) is 9.18 Å². The van der Waals surface area contributed by atoms with Crippen molar-refractivity contribution in [3.8, 4) is 6.07 Å². The number of carbonyl (C=O) groups is 1. The first-order valence-electron chi connectivity index (χ1n) is 5.44. The summed E-state index contributed by atoms with van der Waals surface area (Å²) in [5.74, 6) is -0.957. The van der Waals surface area contributed by atoms with Gasteiger partial charge in [-0.2, -0.15) is 5.26 Å². The number of nitrogens with zero attached hydrogens (tertiary/aromatic N) is 1. The Hall–Kier alpha value is -2.35. The lowest BCUT2D eigenvalue weighted by Crippen LogP contribution is -2.02. The Morgan fingerprint density at radius 3 is 3.06 bits per heavy atom. The Labute approximate surface area is 105 Å². The second-order valence-corrected chi connectivity index (χ2v) is 3.34. The Kier molecular flexibility index (Phi) is 5.39. The van der Waals surface area contributed by atoms with Crippen LogP contribution in [0.25, 0.3) is 0 Å². The van der Waals surface area contributed by atoms with Crippen molar-refractivity contribution in [2.75, 3.05) is 18.5 Å². The van der Waals surface area contributed by atoms with Gasteiger partial charge >= 0.3 is 5.97 Å². The van der Waals surface area contributed by atoms with Crippen LogP contribution in [0.15, 0.2) is 30.4 Å². The molecule has 94 valence electrons. The van der Waals surface area contributed by atoms with Crippen LogP contribution >= 0.6 is 0 Å². The van der Waals surface area contributed by atoms with Crippen LogP contribution in [0.4, 0.5) is 10.1 Å². The minimum absolute atomic E-state index is 0.0191. The topological polar surface area (TPSA) is 62.1 Å². The van der Waals surface area contributed by atoms with Gasteiger partial charge in [-0.15, -0.1) is 0 Å². The number of nitriles is 1. The highest BCUT2D eigenvalue weighted by atomic mass is 19.1. The molecule has 0 fully saturated rings. The number of carbonyl (C=O) groups excluding carboxylic acids is 1. The van der Waals surface area contributed by atoms with E-state index in [1.54, 1.807) is 19.1 Å².